The van der Waals surface area contributed by atoms with Gasteiger partial charge in [-0.25, -0.2) is 4.39 Å². The van der Waals surface area contributed by atoms with Crippen LogP contribution >= 0.6 is 0 Å². The van der Waals surface area contributed by atoms with Crippen LogP contribution in [0.2, 0.25) is 0 Å². The molecule has 0 spiro atoms. The second kappa shape index (κ2) is 3.88. The fourth-order valence-electron chi connectivity index (χ4n) is 1.51. The van der Waals surface area contributed by atoms with Crippen LogP contribution < -0.4 is 0 Å². The lowest BCUT2D eigenvalue weighted by molar-refractivity contribution is -0.133. The highest BCUT2D eigenvalue weighted by Gasteiger charge is 2.20. The third kappa shape index (κ3) is 2.09. The Morgan fingerprint density at radius 1 is 1.47 bits per heavy atom. The molecule has 1 amide bonds. The summed E-state index contributed by atoms with van der Waals surface area (Å²) < 4.78 is 13.0. The van der Waals surface area contributed by atoms with Crippen LogP contribution in [-0.2, 0) is 11.2 Å². The number of phenolic OH excluding ortho intramolecular Hbond substituents is 1. The van der Waals surface area contributed by atoms with Crippen molar-refractivity contribution < 1.29 is 14.3 Å². The lowest BCUT2D eigenvalue weighted by atomic mass is 10.1. The van der Waals surface area contributed by atoms with E-state index in [-0.39, 0.29) is 18.1 Å². The van der Waals surface area contributed by atoms with E-state index in [4.69, 9.17) is 5.11 Å². The number of hydrogen-bond donors (Lipinski definition) is 1. The Kier molecular flexibility index (Phi) is 2.58. The molecule has 1 aliphatic rings. The van der Waals surface area contributed by atoms with Crippen molar-refractivity contribution in [2.24, 2.45) is 0 Å². The molecule has 0 atom stereocenters. The predicted molar refractivity (Wildman–Crippen MR) is 53.0 cm³/mol. The second-order valence-corrected chi connectivity index (χ2v) is 3.70. The van der Waals surface area contributed by atoms with Gasteiger partial charge in [0.1, 0.15) is 0 Å². The lowest BCUT2D eigenvalue weighted by Gasteiger charge is -2.30. The Balaban J connectivity index is 2.03. The van der Waals surface area contributed by atoms with E-state index in [0.29, 0.717) is 5.56 Å². The van der Waals surface area contributed by atoms with Gasteiger partial charge in [0.2, 0.25) is 5.91 Å². The summed E-state index contributed by atoms with van der Waals surface area (Å²) in [7, 11) is 0. The number of hydrogen-bond acceptors (Lipinski definition) is 2. The maximum absolute atomic E-state index is 13.0. The zero-order valence-corrected chi connectivity index (χ0v) is 8.24. The van der Waals surface area contributed by atoms with E-state index in [1.54, 1.807) is 11.0 Å². The van der Waals surface area contributed by atoms with Gasteiger partial charge in [-0.15, -0.1) is 0 Å². The van der Waals surface area contributed by atoms with E-state index in [2.05, 4.69) is 0 Å². The van der Waals surface area contributed by atoms with Gasteiger partial charge in [0.15, 0.2) is 11.6 Å². The normalized spacial score (nSPS) is 14.9. The van der Waals surface area contributed by atoms with Crippen molar-refractivity contribution in [3.8, 4) is 5.75 Å². The van der Waals surface area contributed by atoms with Crippen LogP contribution in [0.1, 0.15) is 12.0 Å². The summed E-state index contributed by atoms with van der Waals surface area (Å²) in [4.78, 5) is 13.3. The molecule has 1 aromatic carbocycles. The van der Waals surface area contributed by atoms with E-state index in [1.807, 2.05) is 0 Å². The summed E-state index contributed by atoms with van der Waals surface area (Å²) in [5.74, 6) is -1.04. The largest absolute Gasteiger partial charge is 0.505 e. The van der Waals surface area contributed by atoms with Crippen molar-refractivity contribution >= 4 is 5.91 Å². The fourth-order valence-corrected chi connectivity index (χ4v) is 1.51. The number of phenols is 1. The van der Waals surface area contributed by atoms with Crippen molar-refractivity contribution in [1.82, 2.24) is 4.90 Å². The summed E-state index contributed by atoms with van der Waals surface area (Å²) in [5, 5.41) is 8.97. The Labute approximate surface area is 87.1 Å². The molecule has 1 aromatic rings. The number of aromatic hydroxyl groups is 1. The molecule has 0 aromatic heterocycles. The average molecular weight is 209 g/mol. The van der Waals surface area contributed by atoms with E-state index in [1.165, 1.54) is 12.1 Å². The number of likely N-dealkylation sites (tertiary alicyclic amines) is 1. The quantitative estimate of drug-likeness (QED) is 0.797. The summed E-state index contributed by atoms with van der Waals surface area (Å²) in [6, 6.07) is 4.04. The molecule has 0 unspecified atom stereocenters. The minimum Gasteiger partial charge on any atom is -0.505 e. The number of halogens is 1. The van der Waals surface area contributed by atoms with Crippen LogP contribution in [-0.4, -0.2) is 29.0 Å². The van der Waals surface area contributed by atoms with Crippen LogP contribution in [0.5, 0.6) is 5.75 Å². The van der Waals surface area contributed by atoms with Gasteiger partial charge in [-0.2, -0.15) is 0 Å². The van der Waals surface area contributed by atoms with Gasteiger partial charge in [0, 0.05) is 13.1 Å². The second-order valence-electron chi connectivity index (χ2n) is 3.70. The summed E-state index contributed by atoms with van der Waals surface area (Å²) in [6.07, 6.45) is 1.26. The van der Waals surface area contributed by atoms with Crippen molar-refractivity contribution in [2.75, 3.05) is 13.1 Å². The maximum Gasteiger partial charge on any atom is 0.226 e. The Bertz CT molecular complexity index is 388. The SMILES string of the molecule is O=C(Cc1ccc(O)c(F)c1)N1CCC1. The zero-order valence-electron chi connectivity index (χ0n) is 8.24. The van der Waals surface area contributed by atoms with Gasteiger partial charge >= 0.3 is 0 Å². The fraction of sp³-hybridized carbons (Fsp3) is 0.364. The van der Waals surface area contributed by atoms with Gasteiger partial charge in [0.25, 0.3) is 0 Å². The van der Waals surface area contributed by atoms with Gasteiger partial charge in [-0.1, -0.05) is 6.07 Å². The number of rotatable bonds is 2. The molecule has 1 fully saturated rings. The Morgan fingerprint density at radius 2 is 2.20 bits per heavy atom. The molecule has 4 heteroatoms. The molecular weight excluding hydrogens is 197 g/mol. The highest BCUT2D eigenvalue weighted by Crippen LogP contribution is 2.17. The van der Waals surface area contributed by atoms with Gasteiger partial charge in [-0.05, 0) is 24.1 Å². The van der Waals surface area contributed by atoms with Gasteiger partial charge < -0.3 is 10.0 Å². The summed E-state index contributed by atoms with van der Waals surface area (Å²) in [6.45, 7) is 1.61. The van der Waals surface area contributed by atoms with Crippen LogP contribution in [0.15, 0.2) is 18.2 Å². The van der Waals surface area contributed by atoms with Crippen LogP contribution in [0.4, 0.5) is 4.39 Å². The van der Waals surface area contributed by atoms with Gasteiger partial charge in [0.05, 0.1) is 6.42 Å². The third-order valence-electron chi connectivity index (χ3n) is 2.58. The van der Waals surface area contributed by atoms with Crippen molar-refractivity contribution in [1.29, 1.82) is 0 Å². The van der Waals surface area contributed by atoms with E-state index in [0.717, 1.165) is 19.5 Å². The van der Waals surface area contributed by atoms with Crippen LogP contribution in [0, 0.1) is 5.82 Å². The Morgan fingerprint density at radius 3 is 2.73 bits per heavy atom. The molecule has 0 radical (unpaired) electrons. The first-order valence-electron chi connectivity index (χ1n) is 4.92. The van der Waals surface area contributed by atoms with E-state index in [9.17, 15) is 9.18 Å². The molecule has 1 saturated heterocycles. The number of carbonyl (C=O) groups is 1. The van der Waals surface area contributed by atoms with Gasteiger partial charge in [-0.3, -0.25) is 4.79 Å². The number of nitrogens with zero attached hydrogens (tertiary/aromatic N) is 1. The molecule has 1 heterocycles. The molecule has 0 aliphatic carbocycles. The van der Waals surface area contributed by atoms with E-state index < -0.39 is 5.82 Å². The molecule has 1 aliphatic heterocycles. The number of carbonyl (C=O) groups excluding carboxylic acids is 1. The molecule has 1 N–H and O–H groups in total. The zero-order chi connectivity index (χ0) is 10.8. The van der Waals surface area contributed by atoms with Crippen LogP contribution in [0.3, 0.4) is 0 Å². The highest BCUT2D eigenvalue weighted by molar-refractivity contribution is 5.79. The molecule has 0 bridgehead atoms. The standard InChI is InChI=1S/C11H12FNO2/c12-9-6-8(2-3-10(9)14)7-11(15)13-4-1-5-13/h2-3,6,14H,1,4-5,7H2. The summed E-state index contributed by atoms with van der Waals surface area (Å²) >= 11 is 0. The van der Waals surface area contributed by atoms with E-state index >= 15 is 0 Å². The van der Waals surface area contributed by atoms with Crippen molar-refractivity contribution in [3.63, 3.8) is 0 Å². The molecule has 0 saturated carbocycles. The molecule has 15 heavy (non-hydrogen) atoms. The first-order chi connectivity index (χ1) is 7.16. The topological polar surface area (TPSA) is 40.5 Å². The minimum atomic E-state index is -0.677. The number of benzene rings is 1. The molecule has 80 valence electrons. The first-order valence-corrected chi connectivity index (χ1v) is 4.92. The number of amides is 1. The third-order valence-corrected chi connectivity index (χ3v) is 2.58. The van der Waals surface area contributed by atoms with Crippen LogP contribution in [0.25, 0.3) is 0 Å². The average Bonchev–Trinajstić information content (AvgIpc) is 2.08. The highest BCUT2D eigenvalue weighted by atomic mass is 19.1. The Hall–Kier alpha value is -1.58. The van der Waals surface area contributed by atoms with Crippen molar-refractivity contribution in [3.05, 3.63) is 29.6 Å². The molecule has 3 nitrogen and oxygen atoms in total. The van der Waals surface area contributed by atoms with Crippen molar-refractivity contribution in [2.45, 2.75) is 12.8 Å². The molecular formula is C11H12FNO2. The molecule has 2 rings (SSSR count). The lowest BCUT2D eigenvalue weighted by Crippen LogP contribution is -2.42. The monoisotopic (exact) mass is 209 g/mol. The minimum absolute atomic E-state index is 0.0198. The maximum atomic E-state index is 13.0. The first kappa shape index (κ1) is 9.96. The smallest absolute Gasteiger partial charge is 0.226 e. The predicted octanol–water partition coefficient (Wildman–Crippen LogP) is 1.31. The summed E-state index contributed by atoms with van der Waals surface area (Å²) in [5.41, 5.74) is 0.599.